The van der Waals surface area contributed by atoms with E-state index < -0.39 is 21.1 Å². The van der Waals surface area contributed by atoms with Crippen LogP contribution in [0.1, 0.15) is 51.5 Å². The van der Waals surface area contributed by atoms with Crippen molar-refractivity contribution < 1.29 is 27.1 Å². The molecule has 1 saturated carbocycles. The van der Waals surface area contributed by atoms with E-state index in [1.807, 2.05) is 13.8 Å². The minimum absolute atomic E-state index is 0.101. The Labute approximate surface area is 183 Å². The number of imide groups is 1. The number of halogens is 1. The Hall–Kier alpha value is -2.22. The molecule has 2 aliphatic rings. The van der Waals surface area contributed by atoms with Crippen molar-refractivity contribution in [3.8, 4) is 5.75 Å². The Kier molecular flexibility index (Phi) is 7.19. The molecule has 1 unspecified atom stereocenters. The van der Waals surface area contributed by atoms with Gasteiger partial charge < -0.3 is 4.74 Å². The molecule has 6 nitrogen and oxygen atoms in total. The molecule has 1 heterocycles. The van der Waals surface area contributed by atoms with Gasteiger partial charge in [0.15, 0.2) is 21.4 Å². The van der Waals surface area contributed by atoms with Gasteiger partial charge in [0.05, 0.1) is 18.1 Å². The number of amides is 2. The predicted molar refractivity (Wildman–Crippen MR) is 116 cm³/mol. The highest BCUT2D eigenvalue weighted by Crippen LogP contribution is 2.33. The number of nitrogens with one attached hydrogen (secondary N) is 1. The number of hydrogen-bond donors (Lipinski definition) is 1. The van der Waals surface area contributed by atoms with Crippen LogP contribution >= 0.6 is 0 Å². The summed E-state index contributed by atoms with van der Waals surface area (Å²) in [6.45, 7) is 4.11. The maximum atomic E-state index is 14.1. The first-order valence-corrected chi connectivity index (χ1v) is 12.5. The van der Waals surface area contributed by atoms with E-state index >= 15 is 0 Å². The van der Waals surface area contributed by atoms with Crippen LogP contribution in [0.2, 0.25) is 0 Å². The molecule has 1 N–H and O–H groups in total. The summed E-state index contributed by atoms with van der Waals surface area (Å²) in [7, 11) is -3.43. The number of carbonyl (C=O) groups is 2. The average molecular weight is 452 g/mol. The van der Waals surface area contributed by atoms with Crippen molar-refractivity contribution in [1.82, 2.24) is 5.32 Å². The van der Waals surface area contributed by atoms with Crippen molar-refractivity contribution in [3.05, 3.63) is 41.7 Å². The number of allylic oxidation sites excluding steroid dienone is 1. The van der Waals surface area contributed by atoms with Crippen LogP contribution < -0.4 is 10.1 Å². The summed E-state index contributed by atoms with van der Waals surface area (Å²) in [5.74, 6) is -0.909. The van der Waals surface area contributed by atoms with Crippen LogP contribution in [0.3, 0.4) is 0 Å². The van der Waals surface area contributed by atoms with E-state index in [2.05, 4.69) is 5.32 Å². The van der Waals surface area contributed by atoms with Gasteiger partial charge >= 0.3 is 0 Å². The molecular weight excluding hydrogens is 421 g/mol. The lowest BCUT2D eigenvalue weighted by Gasteiger charge is -2.25. The van der Waals surface area contributed by atoms with Gasteiger partial charge in [-0.1, -0.05) is 32.1 Å². The van der Waals surface area contributed by atoms with Gasteiger partial charge in [-0.3, -0.25) is 14.9 Å². The second-order valence-corrected chi connectivity index (χ2v) is 11.3. The van der Waals surface area contributed by atoms with Crippen molar-refractivity contribution in [2.45, 2.75) is 51.4 Å². The maximum Gasteiger partial charge on any atom is 0.229 e. The highest BCUT2D eigenvalue weighted by Gasteiger charge is 2.29. The van der Waals surface area contributed by atoms with Crippen molar-refractivity contribution in [3.63, 3.8) is 0 Å². The zero-order chi connectivity index (χ0) is 22.6. The minimum Gasteiger partial charge on any atom is -0.490 e. The number of carbonyl (C=O) groups excluding carboxylic acids is 2. The van der Waals surface area contributed by atoms with Crippen LogP contribution in [-0.4, -0.2) is 38.3 Å². The van der Waals surface area contributed by atoms with Crippen LogP contribution in [0.4, 0.5) is 4.39 Å². The van der Waals surface area contributed by atoms with Gasteiger partial charge in [0.1, 0.15) is 0 Å². The third kappa shape index (κ3) is 6.89. The van der Waals surface area contributed by atoms with Gasteiger partial charge in [-0.05, 0) is 49.3 Å². The maximum absolute atomic E-state index is 14.1. The van der Waals surface area contributed by atoms with Crippen molar-refractivity contribution in [2.24, 2.45) is 11.8 Å². The van der Waals surface area contributed by atoms with E-state index in [0.29, 0.717) is 37.4 Å². The molecule has 1 aromatic rings. The SMILES string of the molecule is CC(C)(CS(=O)(=O)C/C=C/CC1CCC(=O)NC1=O)c1ccc(F)c(OCC2CC2)c1. The summed E-state index contributed by atoms with van der Waals surface area (Å²) in [6.07, 6.45) is 6.63. The van der Waals surface area contributed by atoms with E-state index in [9.17, 15) is 22.4 Å². The molecule has 0 bridgehead atoms. The fraction of sp³-hybridized carbons (Fsp3) is 0.565. The monoisotopic (exact) mass is 451 g/mol. The Morgan fingerprint density at radius 3 is 2.61 bits per heavy atom. The molecule has 8 heteroatoms. The molecule has 1 atom stereocenters. The zero-order valence-corrected chi connectivity index (χ0v) is 18.8. The molecule has 1 saturated heterocycles. The molecule has 31 heavy (non-hydrogen) atoms. The fourth-order valence-electron chi connectivity index (χ4n) is 3.66. The van der Waals surface area contributed by atoms with Crippen molar-refractivity contribution >= 4 is 21.7 Å². The summed E-state index contributed by atoms with van der Waals surface area (Å²) in [6, 6.07) is 4.53. The molecule has 2 fully saturated rings. The highest BCUT2D eigenvalue weighted by molar-refractivity contribution is 7.91. The molecule has 1 aromatic carbocycles. The summed E-state index contributed by atoms with van der Waals surface area (Å²) in [5, 5.41) is 2.30. The molecule has 2 amide bonds. The molecule has 3 rings (SSSR count). The Bertz CT molecular complexity index is 966. The zero-order valence-electron chi connectivity index (χ0n) is 18.0. The van der Waals surface area contributed by atoms with Gasteiger partial charge in [0.25, 0.3) is 0 Å². The van der Waals surface area contributed by atoms with E-state index in [1.54, 1.807) is 24.3 Å². The number of benzene rings is 1. The van der Waals surface area contributed by atoms with E-state index in [4.69, 9.17) is 4.74 Å². The number of ether oxygens (including phenoxy) is 1. The molecule has 1 aliphatic heterocycles. The first-order chi connectivity index (χ1) is 14.6. The highest BCUT2D eigenvalue weighted by atomic mass is 32.2. The third-order valence-electron chi connectivity index (χ3n) is 5.76. The number of rotatable bonds is 10. The second kappa shape index (κ2) is 9.51. The predicted octanol–water partition coefficient (Wildman–Crippen LogP) is 3.31. The summed E-state index contributed by atoms with van der Waals surface area (Å²) in [5.41, 5.74) is -0.0161. The topological polar surface area (TPSA) is 89.5 Å². The Balaban J connectivity index is 1.57. The number of piperidine rings is 1. The Morgan fingerprint density at radius 2 is 1.94 bits per heavy atom. The van der Waals surface area contributed by atoms with Crippen LogP contribution in [-0.2, 0) is 24.8 Å². The van der Waals surface area contributed by atoms with Crippen molar-refractivity contribution in [1.29, 1.82) is 0 Å². The summed E-state index contributed by atoms with van der Waals surface area (Å²) >= 11 is 0. The summed E-state index contributed by atoms with van der Waals surface area (Å²) in [4.78, 5) is 22.9. The van der Waals surface area contributed by atoms with Gasteiger partial charge in [-0.25, -0.2) is 12.8 Å². The molecule has 0 radical (unpaired) electrons. The number of hydrogen-bond acceptors (Lipinski definition) is 5. The van der Waals surface area contributed by atoms with Crippen LogP contribution in [0.5, 0.6) is 5.75 Å². The quantitative estimate of drug-likeness (QED) is 0.435. The normalized spacial score (nSPS) is 20.2. The van der Waals surface area contributed by atoms with Gasteiger partial charge in [0.2, 0.25) is 11.8 Å². The first-order valence-electron chi connectivity index (χ1n) is 10.7. The van der Waals surface area contributed by atoms with Gasteiger partial charge in [0, 0.05) is 17.8 Å². The molecule has 170 valence electrons. The molecule has 0 spiro atoms. The van der Waals surface area contributed by atoms with Crippen LogP contribution in [0, 0.1) is 17.7 Å². The first kappa shape index (κ1) is 23.4. The average Bonchev–Trinajstić information content (AvgIpc) is 3.49. The van der Waals surface area contributed by atoms with Gasteiger partial charge in [-0.15, -0.1) is 0 Å². The lowest BCUT2D eigenvalue weighted by Crippen LogP contribution is -2.40. The molecular formula is C23H30FNO5S. The standard InChI is InChI=1S/C23H30FNO5S/c1-23(2,18-9-10-19(24)20(13-18)30-14-16-6-7-16)15-31(28,29)12-4-3-5-17-8-11-21(26)25-22(17)27/h3-4,9-10,13,16-17H,5-8,11-12,14-15H2,1-2H3,(H,25,26,27)/b4-3+. The van der Waals surface area contributed by atoms with E-state index in [-0.39, 0.29) is 35.0 Å². The van der Waals surface area contributed by atoms with E-state index in [0.717, 1.165) is 12.8 Å². The second-order valence-electron chi connectivity index (χ2n) is 9.19. The van der Waals surface area contributed by atoms with Crippen LogP contribution in [0.25, 0.3) is 0 Å². The number of sulfone groups is 1. The third-order valence-corrected chi connectivity index (χ3v) is 7.62. The summed E-state index contributed by atoms with van der Waals surface area (Å²) < 4.78 is 45.0. The molecule has 0 aromatic heterocycles. The van der Waals surface area contributed by atoms with E-state index in [1.165, 1.54) is 6.07 Å². The fourth-order valence-corrected chi connectivity index (χ4v) is 5.47. The van der Waals surface area contributed by atoms with Gasteiger partial charge in [-0.2, -0.15) is 0 Å². The molecule has 1 aliphatic carbocycles. The smallest absolute Gasteiger partial charge is 0.229 e. The lowest BCUT2D eigenvalue weighted by molar-refractivity contribution is -0.136. The van der Waals surface area contributed by atoms with Crippen molar-refractivity contribution in [2.75, 3.05) is 18.1 Å². The largest absolute Gasteiger partial charge is 0.490 e. The minimum atomic E-state index is -3.43. The lowest BCUT2D eigenvalue weighted by atomic mass is 9.86. The Morgan fingerprint density at radius 1 is 1.19 bits per heavy atom. The van der Waals surface area contributed by atoms with Crippen LogP contribution in [0.15, 0.2) is 30.4 Å².